The minimum Gasteiger partial charge on any atom is -0.507 e. The highest BCUT2D eigenvalue weighted by Gasteiger charge is 2.22. The highest BCUT2D eigenvalue weighted by molar-refractivity contribution is 6.00. The summed E-state index contributed by atoms with van der Waals surface area (Å²) < 4.78 is 0. The third-order valence-electron chi connectivity index (χ3n) is 4.00. The van der Waals surface area contributed by atoms with Gasteiger partial charge in [0.05, 0.1) is 11.7 Å². The van der Waals surface area contributed by atoms with Gasteiger partial charge in [-0.2, -0.15) is 0 Å². The van der Waals surface area contributed by atoms with Crippen molar-refractivity contribution in [1.82, 2.24) is 5.32 Å². The monoisotopic (exact) mass is 345 g/mol. The number of phenols is 1. The molecule has 0 spiro atoms. The van der Waals surface area contributed by atoms with Crippen LogP contribution >= 0.6 is 0 Å². The van der Waals surface area contributed by atoms with Crippen molar-refractivity contribution in [2.45, 2.75) is 44.9 Å². The lowest BCUT2D eigenvalue weighted by molar-refractivity contribution is -0.127. The van der Waals surface area contributed by atoms with E-state index in [1.807, 2.05) is 0 Å². The van der Waals surface area contributed by atoms with E-state index in [1.165, 1.54) is 12.1 Å². The Labute approximate surface area is 146 Å². The summed E-state index contributed by atoms with van der Waals surface area (Å²) in [6.45, 7) is 3.56. The van der Waals surface area contributed by atoms with Gasteiger partial charge in [-0.1, -0.05) is 24.3 Å². The Morgan fingerprint density at radius 1 is 1.08 bits per heavy atom. The number of hydrogen-bond donors (Lipinski definition) is 4. The Balaban J connectivity index is 2.43. The number of rotatable bonds is 0. The van der Waals surface area contributed by atoms with Crippen molar-refractivity contribution in [1.29, 1.82) is 0 Å². The van der Waals surface area contributed by atoms with Crippen LogP contribution in [0.5, 0.6) is 5.75 Å². The maximum Gasteiger partial charge on any atom is 0.255 e. The van der Waals surface area contributed by atoms with Crippen molar-refractivity contribution >= 4 is 17.8 Å². The largest absolute Gasteiger partial charge is 0.507 e. The fraction of sp³-hybridized carbons (Fsp3) is 0.368. The Morgan fingerprint density at radius 3 is 2.48 bits per heavy atom. The zero-order valence-electron chi connectivity index (χ0n) is 14.3. The molecule has 1 heterocycles. The highest BCUT2D eigenvalue weighted by atomic mass is 16.3. The molecule has 1 aliphatic rings. The molecule has 0 aromatic heterocycles. The molecule has 0 aliphatic carbocycles. The number of carbonyl (C=O) groups excluding carboxylic acids is 2. The number of carbonyl (C=O) groups is 2. The van der Waals surface area contributed by atoms with Gasteiger partial charge in [0.1, 0.15) is 11.9 Å². The van der Waals surface area contributed by atoms with Crippen LogP contribution in [0.15, 0.2) is 30.4 Å². The first kappa shape index (κ1) is 18.9. The molecule has 1 aliphatic heterocycles. The Hall–Kier alpha value is -2.44. The maximum absolute atomic E-state index is 12.5. The van der Waals surface area contributed by atoms with Crippen molar-refractivity contribution in [2.75, 3.05) is 0 Å². The molecule has 134 valence electrons. The number of aryl methyl sites for hydroxylation is 1. The Kier molecular flexibility index (Phi) is 6.12. The predicted octanol–water partition coefficient (Wildman–Crippen LogP) is 1.47. The molecule has 6 heteroatoms. The van der Waals surface area contributed by atoms with Crippen molar-refractivity contribution in [3.05, 3.63) is 47.1 Å². The number of nitrogens with one attached hydrogen (secondary N) is 1. The van der Waals surface area contributed by atoms with E-state index in [0.29, 0.717) is 12.0 Å². The van der Waals surface area contributed by atoms with Crippen LogP contribution in [-0.2, 0) is 4.79 Å². The summed E-state index contributed by atoms with van der Waals surface area (Å²) >= 11 is 0. The predicted molar refractivity (Wildman–Crippen MR) is 94.2 cm³/mol. The first-order chi connectivity index (χ1) is 11.8. The molecule has 3 atom stereocenters. The van der Waals surface area contributed by atoms with Gasteiger partial charge in [-0.25, -0.2) is 0 Å². The molecule has 1 aromatic rings. The molecule has 0 bridgehead atoms. The van der Waals surface area contributed by atoms with Crippen LogP contribution in [0.1, 0.15) is 41.3 Å². The second-order valence-corrected chi connectivity index (χ2v) is 6.31. The lowest BCUT2D eigenvalue weighted by Gasteiger charge is -2.17. The summed E-state index contributed by atoms with van der Waals surface area (Å²) in [6.07, 6.45) is 3.56. The fourth-order valence-corrected chi connectivity index (χ4v) is 2.67. The molecule has 0 radical (unpaired) electrons. The maximum atomic E-state index is 12.5. The van der Waals surface area contributed by atoms with Gasteiger partial charge >= 0.3 is 0 Å². The molecule has 1 amide bonds. The van der Waals surface area contributed by atoms with Crippen LogP contribution in [0.2, 0.25) is 0 Å². The van der Waals surface area contributed by atoms with Gasteiger partial charge in [0.25, 0.3) is 5.91 Å². The van der Waals surface area contributed by atoms with Crippen LogP contribution in [0.4, 0.5) is 0 Å². The van der Waals surface area contributed by atoms with E-state index in [9.17, 15) is 24.9 Å². The Morgan fingerprint density at radius 2 is 1.76 bits per heavy atom. The number of ketones is 1. The van der Waals surface area contributed by atoms with Gasteiger partial charge in [0, 0.05) is 6.04 Å². The molecule has 0 saturated heterocycles. The van der Waals surface area contributed by atoms with Gasteiger partial charge in [-0.3, -0.25) is 9.59 Å². The summed E-state index contributed by atoms with van der Waals surface area (Å²) in [4.78, 5) is 24.3. The van der Waals surface area contributed by atoms with Gasteiger partial charge in [0.15, 0.2) is 5.78 Å². The normalized spacial score (nSPS) is 27.8. The average molecular weight is 345 g/mol. The fourth-order valence-electron chi connectivity index (χ4n) is 2.67. The number of benzene rings is 1. The zero-order chi connectivity index (χ0) is 18.6. The van der Waals surface area contributed by atoms with E-state index in [1.54, 1.807) is 38.1 Å². The average Bonchev–Trinajstić information content (AvgIpc) is 2.52. The number of aliphatic hydroxyl groups is 2. The second-order valence-electron chi connectivity index (χ2n) is 6.31. The summed E-state index contributed by atoms with van der Waals surface area (Å²) in [5.74, 6) is -1.12. The second kappa shape index (κ2) is 8.09. The van der Waals surface area contributed by atoms with E-state index >= 15 is 0 Å². The molecule has 4 N–H and O–H groups in total. The van der Waals surface area contributed by atoms with Gasteiger partial charge in [-0.05, 0) is 50.0 Å². The van der Waals surface area contributed by atoms with E-state index in [2.05, 4.69) is 5.32 Å². The minimum atomic E-state index is -1.50. The number of hydrogen-bond acceptors (Lipinski definition) is 5. The van der Waals surface area contributed by atoms with Crippen LogP contribution in [0.25, 0.3) is 6.08 Å². The Bertz CT molecular complexity index is 723. The van der Waals surface area contributed by atoms with Gasteiger partial charge < -0.3 is 20.6 Å². The molecular formula is C19H23NO5. The summed E-state index contributed by atoms with van der Waals surface area (Å²) in [5, 5.41) is 32.8. The molecule has 6 nitrogen and oxygen atoms in total. The highest BCUT2D eigenvalue weighted by Crippen LogP contribution is 2.25. The first-order valence-electron chi connectivity index (χ1n) is 8.17. The van der Waals surface area contributed by atoms with Crippen LogP contribution in [0.3, 0.4) is 0 Å². The first-order valence-corrected chi connectivity index (χ1v) is 8.17. The van der Waals surface area contributed by atoms with Crippen molar-refractivity contribution < 1.29 is 24.9 Å². The molecule has 0 fully saturated rings. The number of fused-ring (bicyclic) bond motifs is 1. The van der Waals surface area contributed by atoms with Crippen molar-refractivity contribution in [3.8, 4) is 5.75 Å². The molecule has 2 rings (SSSR count). The van der Waals surface area contributed by atoms with E-state index in [-0.39, 0.29) is 23.8 Å². The van der Waals surface area contributed by atoms with Gasteiger partial charge in [0.2, 0.25) is 0 Å². The number of phenolic OH excluding ortho intramolecular Hbond substituents is 1. The molecule has 25 heavy (non-hydrogen) atoms. The van der Waals surface area contributed by atoms with Crippen LogP contribution < -0.4 is 5.32 Å². The van der Waals surface area contributed by atoms with E-state index < -0.39 is 23.9 Å². The van der Waals surface area contributed by atoms with Crippen molar-refractivity contribution in [3.63, 3.8) is 0 Å². The van der Waals surface area contributed by atoms with Crippen molar-refractivity contribution in [2.24, 2.45) is 0 Å². The zero-order valence-corrected chi connectivity index (χ0v) is 14.3. The van der Waals surface area contributed by atoms with Crippen LogP contribution in [-0.4, -0.2) is 45.3 Å². The standard InChI is InChI=1S/C19H23NO5/c1-11-9-13-6-4-8-15(22)18(24)14(21)7-3-5-12(2)20-19(25)17(13)16(23)10-11/h3-4,6-7,9-10,12,15,18,22-24H,5,8H2,1-2H3,(H,20,25)/b6-4+,7-3-. The molecule has 1 aromatic carbocycles. The lowest BCUT2D eigenvalue weighted by Crippen LogP contribution is -2.34. The van der Waals surface area contributed by atoms with E-state index in [0.717, 1.165) is 5.56 Å². The molecular weight excluding hydrogens is 322 g/mol. The molecule has 0 saturated carbocycles. The number of aromatic hydroxyl groups is 1. The minimum absolute atomic E-state index is 0.0346. The summed E-state index contributed by atoms with van der Waals surface area (Å²) in [6, 6.07) is 2.98. The lowest BCUT2D eigenvalue weighted by atomic mass is 9.99. The third-order valence-corrected chi connectivity index (χ3v) is 4.00. The number of aliphatic hydroxyl groups excluding tert-OH is 2. The quantitative estimate of drug-likeness (QED) is 0.570. The van der Waals surface area contributed by atoms with E-state index in [4.69, 9.17) is 0 Å². The smallest absolute Gasteiger partial charge is 0.255 e. The number of amides is 1. The summed E-state index contributed by atoms with van der Waals surface area (Å²) in [5.41, 5.74) is 1.44. The molecule has 3 unspecified atom stereocenters. The topological polar surface area (TPSA) is 107 Å². The summed E-state index contributed by atoms with van der Waals surface area (Å²) in [7, 11) is 0. The van der Waals surface area contributed by atoms with Gasteiger partial charge in [-0.15, -0.1) is 0 Å². The third kappa shape index (κ3) is 4.78. The van der Waals surface area contributed by atoms with Crippen LogP contribution in [0, 0.1) is 6.92 Å². The SMILES string of the molecule is Cc1cc(O)c2c(c1)/C=C/CC(O)C(O)C(=O)/C=C\CC(C)NC2=O.